The number of halogens is 1. The topological polar surface area (TPSA) is 125 Å². The summed E-state index contributed by atoms with van der Waals surface area (Å²) in [6.45, 7) is -0.0735. The van der Waals surface area contributed by atoms with E-state index >= 15 is 0 Å². The lowest BCUT2D eigenvalue weighted by Crippen LogP contribution is -2.35. The molecule has 0 atom stereocenters. The van der Waals surface area contributed by atoms with Crippen LogP contribution in [0.5, 0.6) is 0 Å². The number of nitrogens with one attached hydrogen (secondary N) is 3. The maximum Gasteiger partial charge on any atom is 0.337 e. The second kappa shape index (κ2) is 7.25. The van der Waals surface area contributed by atoms with Crippen molar-refractivity contribution in [3.05, 3.63) is 28.8 Å². The third-order valence-electron chi connectivity index (χ3n) is 2.42. The van der Waals surface area contributed by atoms with Gasteiger partial charge in [-0.3, -0.25) is 0 Å². The van der Waals surface area contributed by atoms with Crippen molar-refractivity contribution in [3.63, 3.8) is 0 Å². The van der Waals surface area contributed by atoms with Crippen molar-refractivity contribution < 1.29 is 23.1 Å². The first-order valence-corrected chi connectivity index (χ1v) is 7.77. The van der Waals surface area contributed by atoms with Crippen LogP contribution >= 0.6 is 11.6 Å². The van der Waals surface area contributed by atoms with Crippen molar-refractivity contribution in [2.24, 2.45) is 0 Å². The fourth-order valence-electron chi connectivity index (χ4n) is 1.34. The van der Waals surface area contributed by atoms with E-state index in [9.17, 15) is 18.0 Å². The molecule has 0 saturated heterocycles. The summed E-state index contributed by atoms with van der Waals surface area (Å²) in [4.78, 5) is 22.3. The zero-order valence-corrected chi connectivity index (χ0v) is 12.6. The van der Waals surface area contributed by atoms with Crippen molar-refractivity contribution in [1.82, 2.24) is 10.0 Å². The number of hydrogen-bond donors (Lipinski definition) is 4. The lowest BCUT2D eigenvalue weighted by Gasteiger charge is -2.08. The van der Waals surface area contributed by atoms with Crippen LogP contribution in [0.25, 0.3) is 0 Å². The molecule has 2 amide bonds. The molecular weight excluding hydrogens is 322 g/mol. The van der Waals surface area contributed by atoms with Crippen molar-refractivity contribution >= 4 is 39.3 Å². The number of carboxylic acids is 1. The van der Waals surface area contributed by atoms with Gasteiger partial charge in [-0.15, -0.1) is 0 Å². The maximum atomic E-state index is 11.5. The van der Waals surface area contributed by atoms with Gasteiger partial charge in [0.15, 0.2) is 0 Å². The molecule has 0 aromatic heterocycles. The monoisotopic (exact) mass is 335 g/mol. The van der Waals surface area contributed by atoms with Crippen LogP contribution in [-0.2, 0) is 10.0 Å². The van der Waals surface area contributed by atoms with Crippen LogP contribution in [0.4, 0.5) is 10.5 Å². The quantitative estimate of drug-likeness (QED) is 0.609. The van der Waals surface area contributed by atoms with E-state index in [2.05, 4.69) is 15.4 Å². The first-order chi connectivity index (χ1) is 9.75. The third-order valence-corrected chi connectivity index (χ3v) is 4.10. The Bertz CT molecular complexity index is 647. The van der Waals surface area contributed by atoms with Gasteiger partial charge in [0, 0.05) is 12.2 Å². The molecule has 0 aliphatic rings. The number of hydrogen-bond acceptors (Lipinski definition) is 4. The zero-order valence-electron chi connectivity index (χ0n) is 11.0. The minimum Gasteiger partial charge on any atom is -0.478 e. The Morgan fingerprint density at radius 1 is 1.33 bits per heavy atom. The Morgan fingerprint density at radius 2 is 2.00 bits per heavy atom. The minimum absolute atomic E-state index is 0.0157. The molecule has 0 heterocycles. The summed E-state index contributed by atoms with van der Waals surface area (Å²) in [5.74, 6) is -1.43. The highest BCUT2D eigenvalue weighted by Gasteiger charge is 2.11. The molecular formula is C11H14ClN3O5S. The number of carboxylic acid groups (broad SMARTS) is 1. The van der Waals surface area contributed by atoms with Crippen LogP contribution in [0.2, 0.25) is 5.02 Å². The summed E-state index contributed by atoms with van der Waals surface area (Å²) in [6, 6.07) is 3.29. The van der Waals surface area contributed by atoms with Crippen molar-refractivity contribution in [1.29, 1.82) is 0 Å². The van der Waals surface area contributed by atoms with Gasteiger partial charge in [-0.1, -0.05) is 11.6 Å². The highest BCUT2D eigenvalue weighted by molar-refractivity contribution is 7.89. The number of urea groups is 1. The summed E-state index contributed by atoms with van der Waals surface area (Å²) in [7, 11) is -2.11. The molecule has 8 nitrogen and oxygen atoms in total. The van der Waals surface area contributed by atoms with Gasteiger partial charge < -0.3 is 15.7 Å². The predicted molar refractivity (Wildman–Crippen MR) is 78.3 cm³/mol. The van der Waals surface area contributed by atoms with E-state index in [1.54, 1.807) is 0 Å². The van der Waals surface area contributed by atoms with E-state index in [4.69, 9.17) is 16.7 Å². The number of carbonyl (C=O) groups is 2. The maximum absolute atomic E-state index is 11.5. The first kappa shape index (κ1) is 17.2. The van der Waals surface area contributed by atoms with Crippen LogP contribution in [-0.4, -0.2) is 44.9 Å². The molecule has 0 spiro atoms. The number of anilines is 1. The smallest absolute Gasteiger partial charge is 0.337 e. The molecule has 0 saturated carbocycles. The standard InChI is InChI=1S/C11H14ClN3O5S/c1-13-21(19,20)5-4-14-11(18)15-7-2-3-8(10(16)17)9(12)6-7/h2-3,6,13H,4-5H2,1H3,(H,16,17)(H2,14,15,18). The van der Waals surface area contributed by atoms with Gasteiger partial charge in [0.25, 0.3) is 0 Å². The Kier molecular flexibility index (Phi) is 5.94. The lowest BCUT2D eigenvalue weighted by atomic mass is 10.2. The van der Waals surface area contributed by atoms with E-state index in [-0.39, 0.29) is 22.9 Å². The molecule has 10 heteroatoms. The van der Waals surface area contributed by atoms with Crippen molar-refractivity contribution in [3.8, 4) is 0 Å². The molecule has 0 aliphatic heterocycles. The summed E-state index contributed by atoms with van der Waals surface area (Å²) >= 11 is 5.75. The van der Waals surface area contributed by atoms with Crippen molar-refractivity contribution in [2.75, 3.05) is 24.7 Å². The molecule has 0 radical (unpaired) electrons. The normalized spacial score (nSPS) is 11.0. The second-order valence-corrected chi connectivity index (χ2v) is 6.36. The number of rotatable bonds is 6. The van der Waals surface area contributed by atoms with E-state index in [1.807, 2.05) is 0 Å². The summed E-state index contributed by atoms with van der Waals surface area (Å²) < 4.78 is 24.4. The number of sulfonamides is 1. The highest BCUT2D eigenvalue weighted by atomic mass is 35.5. The van der Waals surface area contributed by atoms with E-state index in [1.165, 1.54) is 25.2 Å². The average molecular weight is 336 g/mol. The summed E-state index contributed by atoms with van der Waals surface area (Å²) in [5.41, 5.74) is 0.210. The Balaban J connectivity index is 2.56. The van der Waals surface area contributed by atoms with E-state index < -0.39 is 22.0 Å². The second-order valence-electron chi connectivity index (χ2n) is 3.90. The molecule has 4 N–H and O–H groups in total. The summed E-state index contributed by atoms with van der Waals surface area (Å²) in [5, 5.41) is 13.6. The molecule has 0 bridgehead atoms. The van der Waals surface area contributed by atoms with Crippen LogP contribution in [0.15, 0.2) is 18.2 Å². The van der Waals surface area contributed by atoms with Gasteiger partial charge in [0.2, 0.25) is 10.0 Å². The fraction of sp³-hybridized carbons (Fsp3) is 0.273. The Labute approximate surface area is 126 Å². The number of amides is 2. The number of aromatic carboxylic acids is 1. The van der Waals surface area contributed by atoms with Crippen LogP contribution in [0.1, 0.15) is 10.4 Å². The zero-order chi connectivity index (χ0) is 16.0. The number of benzene rings is 1. The first-order valence-electron chi connectivity index (χ1n) is 5.74. The number of carbonyl (C=O) groups excluding carboxylic acids is 1. The fourth-order valence-corrected chi connectivity index (χ4v) is 2.18. The van der Waals surface area contributed by atoms with Gasteiger partial charge in [0.05, 0.1) is 16.3 Å². The van der Waals surface area contributed by atoms with E-state index in [0.717, 1.165) is 0 Å². The highest BCUT2D eigenvalue weighted by Crippen LogP contribution is 2.20. The van der Waals surface area contributed by atoms with Gasteiger partial charge in [0.1, 0.15) is 0 Å². The average Bonchev–Trinajstić information content (AvgIpc) is 2.38. The predicted octanol–water partition coefficient (Wildman–Crippen LogP) is 0.709. The minimum atomic E-state index is -3.39. The molecule has 116 valence electrons. The van der Waals surface area contributed by atoms with Crippen LogP contribution < -0.4 is 15.4 Å². The molecule has 1 aromatic rings. The SMILES string of the molecule is CNS(=O)(=O)CCNC(=O)Nc1ccc(C(=O)O)c(Cl)c1. The molecule has 1 rings (SSSR count). The van der Waals surface area contributed by atoms with Gasteiger partial charge in [-0.05, 0) is 25.2 Å². The Hall–Kier alpha value is -1.84. The Morgan fingerprint density at radius 3 is 2.52 bits per heavy atom. The third kappa shape index (κ3) is 5.58. The van der Waals surface area contributed by atoms with Gasteiger partial charge >= 0.3 is 12.0 Å². The lowest BCUT2D eigenvalue weighted by molar-refractivity contribution is 0.0697. The molecule has 0 fully saturated rings. The van der Waals surface area contributed by atoms with Crippen LogP contribution in [0.3, 0.4) is 0 Å². The molecule has 0 unspecified atom stereocenters. The van der Waals surface area contributed by atoms with E-state index in [0.29, 0.717) is 5.69 Å². The molecule has 21 heavy (non-hydrogen) atoms. The van der Waals surface area contributed by atoms with Gasteiger partial charge in [-0.2, -0.15) is 0 Å². The van der Waals surface area contributed by atoms with Crippen LogP contribution in [0, 0.1) is 0 Å². The van der Waals surface area contributed by atoms with Gasteiger partial charge in [-0.25, -0.2) is 22.7 Å². The van der Waals surface area contributed by atoms with Crippen molar-refractivity contribution in [2.45, 2.75) is 0 Å². The molecule has 1 aromatic carbocycles. The largest absolute Gasteiger partial charge is 0.478 e. The molecule has 0 aliphatic carbocycles. The summed E-state index contributed by atoms with van der Waals surface area (Å²) in [6.07, 6.45) is 0.